The fourth-order valence-electron chi connectivity index (χ4n) is 2.82. The molecule has 0 bridgehead atoms. The monoisotopic (exact) mass is 365 g/mol. The molecule has 0 heterocycles. The number of hydrogen-bond donors (Lipinski definition) is 2. The summed E-state index contributed by atoms with van der Waals surface area (Å²) < 4.78 is 0. The second kappa shape index (κ2) is 8.49. The van der Waals surface area contributed by atoms with Crippen LogP contribution < -0.4 is 10.6 Å². The van der Waals surface area contributed by atoms with Gasteiger partial charge in [-0.05, 0) is 49.6 Å². The lowest BCUT2D eigenvalue weighted by Gasteiger charge is -2.22. The van der Waals surface area contributed by atoms with Gasteiger partial charge in [0, 0.05) is 17.3 Å². The molecule has 27 heavy (non-hydrogen) atoms. The first-order chi connectivity index (χ1) is 13.0. The molecule has 0 saturated heterocycles. The Kier molecular flexibility index (Phi) is 5.86. The third-order valence-electron chi connectivity index (χ3n) is 4.33. The minimum atomic E-state index is -0.342. The molecule has 0 radical (unpaired) electrons. The van der Waals surface area contributed by atoms with Gasteiger partial charge in [-0.1, -0.05) is 30.3 Å². The van der Waals surface area contributed by atoms with Crippen molar-refractivity contribution in [2.45, 2.75) is 25.8 Å². The van der Waals surface area contributed by atoms with Gasteiger partial charge in [0.15, 0.2) is 0 Å². The summed E-state index contributed by atoms with van der Waals surface area (Å²) in [6.07, 6.45) is 1.80. The largest absolute Gasteiger partial charge is 0.345 e. The van der Waals surface area contributed by atoms with Crippen LogP contribution in [0.4, 0.5) is 5.69 Å². The van der Waals surface area contributed by atoms with E-state index in [0.717, 1.165) is 18.4 Å². The Bertz CT molecular complexity index is 832. The fraction of sp³-hybridized carbons (Fsp3) is 0.286. The second-order valence-corrected chi connectivity index (χ2v) is 6.72. The van der Waals surface area contributed by atoms with Crippen LogP contribution in [0.1, 0.15) is 28.8 Å². The number of anilines is 1. The molecule has 1 aliphatic carbocycles. The molecule has 2 N–H and O–H groups in total. The summed E-state index contributed by atoms with van der Waals surface area (Å²) in [5.41, 5.74) is 2.29. The molecule has 6 heteroatoms. The third-order valence-corrected chi connectivity index (χ3v) is 4.33. The highest BCUT2D eigenvalue weighted by Gasteiger charge is 2.34. The van der Waals surface area contributed by atoms with Gasteiger partial charge in [-0.25, -0.2) is 0 Å². The lowest BCUT2D eigenvalue weighted by molar-refractivity contribution is -0.124. The van der Waals surface area contributed by atoms with Crippen LogP contribution in [-0.2, 0) is 9.59 Å². The number of carbonyl (C=O) groups excluding carboxylic acids is 3. The minimum absolute atomic E-state index is 0.0455. The Balaban J connectivity index is 1.51. The van der Waals surface area contributed by atoms with Crippen molar-refractivity contribution in [3.05, 3.63) is 65.7 Å². The van der Waals surface area contributed by atoms with Crippen LogP contribution >= 0.6 is 0 Å². The number of nitrogens with zero attached hydrogens (tertiary/aromatic N) is 1. The average Bonchev–Trinajstić information content (AvgIpc) is 3.50. The van der Waals surface area contributed by atoms with E-state index >= 15 is 0 Å². The smallest absolute Gasteiger partial charge is 0.254 e. The summed E-state index contributed by atoms with van der Waals surface area (Å²) in [6, 6.07) is 16.5. The molecular formula is C21H23N3O3. The first-order valence-corrected chi connectivity index (χ1v) is 9.02. The van der Waals surface area contributed by atoms with E-state index in [4.69, 9.17) is 0 Å². The van der Waals surface area contributed by atoms with Gasteiger partial charge in [-0.3, -0.25) is 14.4 Å². The molecule has 0 atom stereocenters. The first-order valence-electron chi connectivity index (χ1n) is 9.02. The molecular weight excluding hydrogens is 342 g/mol. The van der Waals surface area contributed by atoms with E-state index in [-0.39, 0.29) is 36.9 Å². The maximum Gasteiger partial charge on any atom is 0.254 e. The van der Waals surface area contributed by atoms with Gasteiger partial charge in [0.1, 0.15) is 6.54 Å². The molecule has 1 saturated carbocycles. The van der Waals surface area contributed by atoms with Gasteiger partial charge in [0.2, 0.25) is 11.8 Å². The molecule has 0 aromatic heterocycles. The number of hydrogen-bond acceptors (Lipinski definition) is 3. The number of aryl methyl sites for hydroxylation is 1. The molecule has 2 aromatic carbocycles. The zero-order valence-corrected chi connectivity index (χ0v) is 15.3. The normalized spacial score (nSPS) is 12.9. The van der Waals surface area contributed by atoms with Crippen LogP contribution in [-0.4, -0.2) is 41.8 Å². The summed E-state index contributed by atoms with van der Waals surface area (Å²) in [5, 5.41) is 5.33. The van der Waals surface area contributed by atoms with E-state index in [1.807, 2.05) is 31.2 Å². The van der Waals surface area contributed by atoms with Crippen molar-refractivity contribution >= 4 is 23.4 Å². The Morgan fingerprint density at radius 1 is 1.00 bits per heavy atom. The highest BCUT2D eigenvalue weighted by atomic mass is 16.2. The maximum absolute atomic E-state index is 12.6. The summed E-state index contributed by atoms with van der Waals surface area (Å²) in [6.45, 7) is 1.76. The van der Waals surface area contributed by atoms with Crippen molar-refractivity contribution < 1.29 is 14.4 Å². The van der Waals surface area contributed by atoms with Crippen molar-refractivity contribution in [3.63, 3.8) is 0 Å². The van der Waals surface area contributed by atoms with E-state index in [0.29, 0.717) is 11.3 Å². The van der Waals surface area contributed by atoms with Crippen molar-refractivity contribution in [1.29, 1.82) is 0 Å². The number of amides is 3. The topological polar surface area (TPSA) is 78.5 Å². The van der Waals surface area contributed by atoms with Crippen LogP contribution in [0.2, 0.25) is 0 Å². The lowest BCUT2D eigenvalue weighted by atomic mass is 10.2. The summed E-state index contributed by atoms with van der Waals surface area (Å²) in [7, 11) is 0. The second-order valence-electron chi connectivity index (χ2n) is 6.72. The van der Waals surface area contributed by atoms with E-state index in [2.05, 4.69) is 10.6 Å². The molecule has 1 fully saturated rings. The Morgan fingerprint density at radius 3 is 2.41 bits per heavy atom. The molecule has 140 valence electrons. The van der Waals surface area contributed by atoms with Crippen molar-refractivity contribution in [3.8, 4) is 0 Å². The number of carbonyl (C=O) groups is 3. The lowest BCUT2D eigenvalue weighted by Crippen LogP contribution is -2.43. The maximum atomic E-state index is 12.6. The molecule has 0 spiro atoms. The molecule has 3 rings (SSSR count). The van der Waals surface area contributed by atoms with Gasteiger partial charge in [0.05, 0.1) is 6.54 Å². The van der Waals surface area contributed by atoms with Crippen LogP contribution in [0, 0.1) is 6.92 Å². The fourth-order valence-corrected chi connectivity index (χ4v) is 2.82. The van der Waals surface area contributed by atoms with Crippen molar-refractivity contribution in [2.24, 2.45) is 0 Å². The van der Waals surface area contributed by atoms with E-state index in [1.165, 1.54) is 0 Å². The van der Waals surface area contributed by atoms with Crippen molar-refractivity contribution in [2.75, 3.05) is 18.4 Å². The van der Waals surface area contributed by atoms with Crippen LogP contribution in [0.25, 0.3) is 0 Å². The molecule has 2 aromatic rings. The highest BCUT2D eigenvalue weighted by molar-refractivity contribution is 5.98. The van der Waals surface area contributed by atoms with Crippen LogP contribution in [0.15, 0.2) is 54.6 Å². The predicted molar refractivity (Wildman–Crippen MR) is 103 cm³/mol. The quantitative estimate of drug-likeness (QED) is 0.791. The zero-order valence-electron chi connectivity index (χ0n) is 15.3. The van der Waals surface area contributed by atoms with Crippen molar-refractivity contribution in [1.82, 2.24) is 10.2 Å². The predicted octanol–water partition coefficient (Wildman–Crippen LogP) is 2.35. The Labute approximate surface area is 158 Å². The van der Waals surface area contributed by atoms with Crippen LogP contribution in [0.5, 0.6) is 0 Å². The number of rotatable bonds is 7. The zero-order chi connectivity index (χ0) is 19.2. The standard InChI is InChI=1S/C21H23N3O3/c1-15-6-5-9-17(12-15)23-19(25)13-22-20(26)14-24(18-10-11-18)21(27)16-7-3-2-4-8-16/h2-9,12,18H,10-11,13-14H2,1H3,(H,22,26)(H,23,25). The molecule has 3 amide bonds. The molecule has 0 aliphatic heterocycles. The first kappa shape index (κ1) is 18.6. The molecule has 0 unspecified atom stereocenters. The van der Waals surface area contributed by atoms with Gasteiger partial charge >= 0.3 is 0 Å². The SMILES string of the molecule is Cc1cccc(NC(=O)CNC(=O)CN(C(=O)c2ccccc2)C2CC2)c1. The van der Waals surface area contributed by atoms with Gasteiger partial charge < -0.3 is 15.5 Å². The average molecular weight is 365 g/mol. The summed E-state index contributed by atoms with van der Waals surface area (Å²) >= 11 is 0. The molecule has 6 nitrogen and oxygen atoms in total. The van der Waals surface area contributed by atoms with E-state index in [1.54, 1.807) is 35.2 Å². The van der Waals surface area contributed by atoms with E-state index in [9.17, 15) is 14.4 Å². The third kappa shape index (κ3) is 5.41. The van der Waals surface area contributed by atoms with E-state index < -0.39 is 0 Å². The molecule has 1 aliphatic rings. The van der Waals surface area contributed by atoms with Gasteiger partial charge in [-0.15, -0.1) is 0 Å². The minimum Gasteiger partial charge on any atom is -0.345 e. The number of nitrogens with one attached hydrogen (secondary N) is 2. The summed E-state index contributed by atoms with van der Waals surface area (Å²) in [4.78, 5) is 38.5. The Hall–Kier alpha value is -3.15. The van der Waals surface area contributed by atoms with Crippen LogP contribution in [0.3, 0.4) is 0 Å². The highest BCUT2D eigenvalue weighted by Crippen LogP contribution is 2.28. The Morgan fingerprint density at radius 2 is 1.74 bits per heavy atom. The summed E-state index contributed by atoms with van der Waals surface area (Å²) in [5.74, 6) is -0.802. The van der Waals surface area contributed by atoms with Gasteiger partial charge in [0.25, 0.3) is 5.91 Å². The van der Waals surface area contributed by atoms with Gasteiger partial charge in [-0.2, -0.15) is 0 Å². The number of benzene rings is 2.